The van der Waals surface area contributed by atoms with E-state index in [1.807, 2.05) is 13.0 Å². The first-order chi connectivity index (χ1) is 4.22. The predicted octanol–water partition coefficient (Wildman–Crippen LogP) is 2.79. The second-order valence-corrected chi connectivity index (χ2v) is 2.26. The number of hydrogen-bond donors (Lipinski definition) is 0. The molecule has 0 aromatic heterocycles. The molecule has 9 heavy (non-hydrogen) atoms. The van der Waals surface area contributed by atoms with E-state index in [0.717, 1.165) is 5.56 Å². The molecule has 0 unspecified atom stereocenters. The molecular weight excluding hydrogens is 136 g/mol. The summed E-state index contributed by atoms with van der Waals surface area (Å²) in [6.07, 6.45) is 0. The van der Waals surface area contributed by atoms with E-state index in [1.54, 1.807) is 6.07 Å². The molecule has 47 valence electrons. The van der Waals surface area contributed by atoms with Crippen molar-refractivity contribution in [3.8, 4) is 5.75 Å². The molecule has 0 aliphatic heterocycles. The van der Waals surface area contributed by atoms with Gasteiger partial charge < -0.3 is 0 Å². The molecule has 1 aromatic rings. The van der Waals surface area contributed by atoms with E-state index in [2.05, 4.69) is 0 Å². The normalized spacial score (nSPS) is 9.56. The van der Waals surface area contributed by atoms with Gasteiger partial charge in [0.2, 0.25) is 0 Å². The molecule has 0 aliphatic rings. The summed E-state index contributed by atoms with van der Waals surface area (Å²) < 4.78 is 0. The molecule has 1 radical (unpaired) electrons. The molecule has 0 aliphatic carbocycles. The average Bonchev–Trinajstić information content (AvgIpc) is 1.83. The van der Waals surface area contributed by atoms with Crippen molar-refractivity contribution in [2.24, 2.45) is 0 Å². The lowest BCUT2D eigenvalue weighted by molar-refractivity contribution is 0.355. The van der Waals surface area contributed by atoms with Crippen LogP contribution in [0.4, 0.5) is 0 Å². The van der Waals surface area contributed by atoms with Crippen LogP contribution in [-0.4, -0.2) is 0 Å². The van der Waals surface area contributed by atoms with Gasteiger partial charge in [-0.2, -0.15) is 0 Å². The summed E-state index contributed by atoms with van der Waals surface area (Å²) in [6.45, 7) is 1.81. The Balaban J connectivity index is 3.25. The molecule has 1 rings (SSSR count). The van der Waals surface area contributed by atoms with Gasteiger partial charge in [-0.1, -0.05) is 23.7 Å². The van der Waals surface area contributed by atoms with Gasteiger partial charge in [0.1, 0.15) is 0 Å². The summed E-state index contributed by atoms with van der Waals surface area (Å²) in [5.74, 6) is -0.100. The van der Waals surface area contributed by atoms with Gasteiger partial charge in [0.25, 0.3) is 0 Å². The number of benzene rings is 1. The van der Waals surface area contributed by atoms with Crippen LogP contribution in [0.25, 0.3) is 0 Å². The quantitative estimate of drug-likeness (QED) is 0.530. The van der Waals surface area contributed by atoms with E-state index in [-0.39, 0.29) is 5.75 Å². The molecule has 0 fully saturated rings. The first-order valence-electron chi connectivity index (χ1n) is 2.64. The summed E-state index contributed by atoms with van der Waals surface area (Å²) in [7, 11) is 0. The Labute approximate surface area is 58.9 Å². The lowest BCUT2D eigenvalue weighted by Crippen LogP contribution is -1.71. The van der Waals surface area contributed by atoms with E-state index >= 15 is 0 Å². The molecule has 0 N–H and O–H groups in total. The highest BCUT2D eigenvalue weighted by Crippen LogP contribution is 2.25. The molecule has 1 aromatic carbocycles. The number of halogens is 1. The lowest BCUT2D eigenvalue weighted by atomic mass is 10.2. The summed E-state index contributed by atoms with van der Waals surface area (Å²) in [5.41, 5.74) is 0.837. The zero-order chi connectivity index (χ0) is 6.85. The second-order valence-electron chi connectivity index (χ2n) is 1.89. The van der Waals surface area contributed by atoms with Crippen LogP contribution in [0.5, 0.6) is 5.75 Å². The minimum absolute atomic E-state index is 0.100. The first kappa shape index (κ1) is 6.43. The Morgan fingerprint density at radius 2 is 2.11 bits per heavy atom. The van der Waals surface area contributed by atoms with E-state index in [9.17, 15) is 5.11 Å². The van der Waals surface area contributed by atoms with Crippen LogP contribution in [0.15, 0.2) is 18.2 Å². The highest BCUT2D eigenvalue weighted by Gasteiger charge is 1.99. The van der Waals surface area contributed by atoms with Crippen LogP contribution < -0.4 is 0 Å². The summed E-state index contributed by atoms with van der Waals surface area (Å²) in [6, 6.07) is 4.96. The van der Waals surface area contributed by atoms with Gasteiger partial charge in [0.05, 0.1) is 5.02 Å². The summed E-state index contributed by atoms with van der Waals surface area (Å²) in [4.78, 5) is 0. The average molecular weight is 142 g/mol. The van der Waals surface area contributed by atoms with Crippen molar-refractivity contribution in [2.75, 3.05) is 0 Å². The van der Waals surface area contributed by atoms with Gasteiger partial charge in [-0.05, 0) is 18.6 Å². The van der Waals surface area contributed by atoms with Crippen molar-refractivity contribution in [1.82, 2.24) is 0 Å². The third-order valence-electron chi connectivity index (χ3n) is 1.16. The van der Waals surface area contributed by atoms with E-state index in [1.165, 1.54) is 6.07 Å². The zero-order valence-electron chi connectivity index (χ0n) is 5.02. The van der Waals surface area contributed by atoms with E-state index in [4.69, 9.17) is 11.6 Å². The van der Waals surface area contributed by atoms with Crippen molar-refractivity contribution in [3.05, 3.63) is 28.8 Å². The van der Waals surface area contributed by atoms with Gasteiger partial charge in [0, 0.05) is 0 Å². The first-order valence-corrected chi connectivity index (χ1v) is 3.02. The van der Waals surface area contributed by atoms with Gasteiger partial charge in [-0.25, -0.2) is 0 Å². The summed E-state index contributed by atoms with van der Waals surface area (Å²) in [5, 5.41) is 11.0. The van der Waals surface area contributed by atoms with Crippen LogP contribution in [0.2, 0.25) is 5.02 Å². The number of aryl methyl sites for hydroxylation is 1. The SMILES string of the molecule is Cc1cccc([O])c1Cl. The molecule has 0 bridgehead atoms. The maximum Gasteiger partial charge on any atom is 0.197 e. The van der Waals surface area contributed by atoms with Gasteiger partial charge >= 0.3 is 0 Å². The van der Waals surface area contributed by atoms with Gasteiger partial charge in [0.15, 0.2) is 5.75 Å². The maximum absolute atomic E-state index is 10.7. The Kier molecular flexibility index (Phi) is 1.63. The monoisotopic (exact) mass is 141 g/mol. The fraction of sp³-hybridized carbons (Fsp3) is 0.143. The topological polar surface area (TPSA) is 19.9 Å². The highest BCUT2D eigenvalue weighted by atomic mass is 35.5. The number of hydrogen-bond acceptors (Lipinski definition) is 0. The minimum atomic E-state index is -0.100. The fourth-order valence-electron chi connectivity index (χ4n) is 0.621. The second kappa shape index (κ2) is 2.28. The Morgan fingerprint density at radius 3 is 2.56 bits per heavy atom. The molecule has 0 saturated heterocycles. The predicted molar refractivity (Wildman–Crippen MR) is 36.3 cm³/mol. The Hall–Kier alpha value is -0.690. The molecule has 1 nitrogen and oxygen atoms in total. The van der Waals surface area contributed by atoms with Crippen molar-refractivity contribution in [3.63, 3.8) is 0 Å². The third-order valence-corrected chi connectivity index (χ3v) is 1.64. The zero-order valence-corrected chi connectivity index (χ0v) is 5.77. The fourth-order valence-corrected chi connectivity index (χ4v) is 0.746. The Morgan fingerprint density at radius 1 is 1.44 bits per heavy atom. The highest BCUT2D eigenvalue weighted by molar-refractivity contribution is 6.32. The molecule has 0 atom stereocenters. The minimum Gasteiger partial charge on any atom is -0.288 e. The van der Waals surface area contributed by atoms with Crippen LogP contribution in [0.1, 0.15) is 5.56 Å². The third kappa shape index (κ3) is 1.16. The van der Waals surface area contributed by atoms with Gasteiger partial charge in [-0.15, -0.1) is 0 Å². The molecule has 0 amide bonds. The van der Waals surface area contributed by atoms with Crippen LogP contribution in [-0.2, 0) is 5.11 Å². The van der Waals surface area contributed by atoms with E-state index in [0.29, 0.717) is 5.02 Å². The Bertz CT molecular complexity index is 200. The molecular formula is C7H6ClO. The van der Waals surface area contributed by atoms with Crippen LogP contribution >= 0.6 is 11.6 Å². The van der Waals surface area contributed by atoms with Crippen molar-refractivity contribution in [1.29, 1.82) is 0 Å². The lowest BCUT2D eigenvalue weighted by Gasteiger charge is -1.94. The van der Waals surface area contributed by atoms with Crippen molar-refractivity contribution >= 4 is 11.6 Å². The molecule has 0 saturated carbocycles. The number of rotatable bonds is 0. The molecule has 0 heterocycles. The van der Waals surface area contributed by atoms with Gasteiger partial charge in [-0.3, -0.25) is 5.11 Å². The largest absolute Gasteiger partial charge is 0.288 e. The van der Waals surface area contributed by atoms with Crippen LogP contribution in [0, 0.1) is 6.92 Å². The van der Waals surface area contributed by atoms with Crippen LogP contribution in [0.3, 0.4) is 0 Å². The summed E-state index contributed by atoms with van der Waals surface area (Å²) >= 11 is 5.57. The smallest absolute Gasteiger partial charge is 0.197 e. The molecule has 0 spiro atoms. The molecule has 2 heteroatoms. The maximum atomic E-state index is 10.7. The van der Waals surface area contributed by atoms with Crippen molar-refractivity contribution < 1.29 is 5.11 Å². The van der Waals surface area contributed by atoms with Crippen molar-refractivity contribution in [2.45, 2.75) is 6.92 Å². The van der Waals surface area contributed by atoms with E-state index < -0.39 is 0 Å². The standard InChI is InChI=1S/C7H6ClO/c1-5-3-2-4-6(9)7(5)8/h2-4H,1H3.